The first-order valence-electron chi connectivity index (χ1n) is 12.4. The maximum absolute atomic E-state index is 13.4. The van der Waals surface area contributed by atoms with E-state index in [1.807, 2.05) is 63.2 Å². The van der Waals surface area contributed by atoms with E-state index in [-0.39, 0.29) is 31.8 Å². The van der Waals surface area contributed by atoms with Gasteiger partial charge >= 0.3 is 5.69 Å². The van der Waals surface area contributed by atoms with Crippen molar-refractivity contribution in [3.05, 3.63) is 68.5 Å². The van der Waals surface area contributed by atoms with Crippen molar-refractivity contribution in [3.63, 3.8) is 0 Å². The first-order valence-corrected chi connectivity index (χ1v) is 12.4. The Morgan fingerprint density at radius 2 is 1.92 bits per heavy atom. The Hall–Kier alpha value is -2.83. The van der Waals surface area contributed by atoms with Crippen LogP contribution in [0.25, 0.3) is 0 Å². The second kappa shape index (κ2) is 13.1. The SMILES string of the molecule is Cc1cn([C@@H]2O[C@H](C(C)C)[C@@H](O)[C@H]2OCC(=O)NCCN(C)C)c(=O)n(COCc2ccccc2)c1=O. The Balaban J connectivity index is 1.81. The Bertz CT molecular complexity index is 1150. The van der Waals surface area contributed by atoms with E-state index in [4.69, 9.17) is 14.2 Å². The molecule has 11 heteroatoms. The molecule has 0 spiro atoms. The number of amides is 1. The lowest BCUT2D eigenvalue weighted by atomic mass is 10.0. The van der Waals surface area contributed by atoms with Gasteiger partial charge in [-0.05, 0) is 32.5 Å². The third-order valence-electron chi connectivity index (χ3n) is 6.17. The lowest BCUT2D eigenvalue weighted by Gasteiger charge is -2.23. The fourth-order valence-corrected chi connectivity index (χ4v) is 4.16. The van der Waals surface area contributed by atoms with E-state index in [2.05, 4.69) is 5.32 Å². The van der Waals surface area contributed by atoms with Crippen LogP contribution in [0.15, 0.2) is 46.1 Å². The molecule has 1 saturated heterocycles. The number of benzene rings is 1. The maximum Gasteiger partial charge on any atom is 0.335 e. The van der Waals surface area contributed by atoms with E-state index >= 15 is 0 Å². The van der Waals surface area contributed by atoms with E-state index in [0.717, 1.165) is 10.1 Å². The highest BCUT2D eigenvalue weighted by Gasteiger charge is 2.47. The third kappa shape index (κ3) is 7.36. The van der Waals surface area contributed by atoms with Gasteiger partial charge < -0.3 is 29.5 Å². The number of hydrogen-bond donors (Lipinski definition) is 2. The minimum absolute atomic E-state index is 0.0862. The summed E-state index contributed by atoms with van der Waals surface area (Å²) < 4.78 is 19.8. The minimum atomic E-state index is -1.08. The highest BCUT2D eigenvalue weighted by atomic mass is 16.6. The van der Waals surface area contributed by atoms with Gasteiger partial charge in [-0.2, -0.15) is 0 Å². The van der Waals surface area contributed by atoms with Crippen molar-refractivity contribution in [2.24, 2.45) is 5.92 Å². The largest absolute Gasteiger partial charge is 0.387 e. The quantitative estimate of drug-likeness (QED) is 0.416. The zero-order valence-corrected chi connectivity index (χ0v) is 22.1. The van der Waals surface area contributed by atoms with Gasteiger partial charge in [0.15, 0.2) is 6.23 Å². The van der Waals surface area contributed by atoms with Crippen LogP contribution in [0.1, 0.15) is 31.2 Å². The molecule has 1 fully saturated rings. The molecule has 0 unspecified atom stereocenters. The van der Waals surface area contributed by atoms with Gasteiger partial charge in [0.25, 0.3) is 5.56 Å². The van der Waals surface area contributed by atoms with E-state index in [0.29, 0.717) is 18.7 Å². The molecule has 2 aromatic rings. The number of rotatable bonds is 12. The molecule has 204 valence electrons. The van der Waals surface area contributed by atoms with Gasteiger partial charge in [0.1, 0.15) is 25.5 Å². The number of aromatic nitrogens is 2. The standard InChI is InChI=1S/C26H38N4O7/c1-17(2)22-21(32)23(36-15-20(31)27-11-12-28(4)5)25(37-22)29-13-18(3)24(33)30(26(29)34)16-35-14-19-9-7-6-8-10-19/h6-10,13,17,21-23,25,32H,11-12,14-16H2,1-5H3,(H,27,31)/t21-,22-,23-,25-/m1/s1. The fourth-order valence-electron chi connectivity index (χ4n) is 4.16. The molecule has 1 amide bonds. The topological polar surface area (TPSA) is 124 Å². The number of aryl methyl sites for hydroxylation is 1. The molecule has 0 aliphatic carbocycles. The summed E-state index contributed by atoms with van der Waals surface area (Å²) in [6.45, 7) is 6.13. The van der Waals surface area contributed by atoms with Gasteiger partial charge in [0.2, 0.25) is 5.91 Å². The fraction of sp³-hybridized carbons (Fsp3) is 0.577. The first kappa shape index (κ1) is 28.7. The summed E-state index contributed by atoms with van der Waals surface area (Å²) in [7, 11) is 3.80. The predicted molar refractivity (Wildman–Crippen MR) is 137 cm³/mol. The van der Waals surface area contributed by atoms with Crippen molar-refractivity contribution in [3.8, 4) is 0 Å². The van der Waals surface area contributed by atoms with Crippen molar-refractivity contribution in [2.75, 3.05) is 33.8 Å². The van der Waals surface area contributed by atoms with E-state index in [1.54, 1.807) is 6.92 Å². The molecule has 1 aliphatic rings. The lowest BCUT2D eigenvalue weighted by molar-refractivity contribution is -0.133. The molecule has 1 aromatic heterocycles. The molecule has 2 N–H and O–H groups in total. The van der Waals surface area contributed by atoms with Gasteiger partial charge in [-0.1, -0.05) is 44.2 Å². The van der Waals surface area contributed by atoms with Crippen LogP contribution in [-0.2, 0) is 32.3 Å². The third-order valence-corrected chi connectivity index (χ3v) is 6.17. The second-order valence-electron chi connectivity index (χ2n) is 9.85. The molecule has 11 nitrogen and oxygen atoms in total. The zero-order chi connectivity index (χ0) is 27.1. The van der Waals surface area contributed by atoms with Gasteiger partial charge in [-0.15, -0.1) is 0 Å². The molecule has 37 heavy (non-hydrogen) atoms. The average molecular weight is 519 g/mol. The van der Waals surface area contributed by atoms with Crippen LogP contribution in [0.4, 0.5) is 0 Å². The van der Waals surface area contributed by atoms with Crippen LogP contribution in [-0.4, -0.2) is 77.2 Å². The van der Waals surface area contributed by atoms with Crippen LogP contribution in [0.2, 0.25) is 0 Å². The summed E-state index contributed by atoms with van der Waals surface area (Å²) >= 11 is 0. The molecule has 4 atom stereocenters. The number of carbonyl (C=O) groups excluding carboxylic acids is 1. The molecule has 1 aliphatic heterocycles. The van der Waals surface area contributed by atoms with E-state index in [1.165, 1.54) is 10.8 Å². The normalized spacial score (nSPS) is 21.6. The van der Waals surface area contributed by atoms with E-state index in [9.17, 15) is 19.5 Å². The Morgan fingerprint density at radius 3 is 2.57 bits per heavy atom. The second-order valence-corrected chi connectivity index (χ2v) is 9.85. The number of carbonyl (C=O) groups is 1. The highest BCUT2D eigenvalue weighted by Crippen LogP contribution is 2.34. The molecule has 1 aromatic carbocycles. The monoisotopic (exact) mass is 518 g/mol. The predicted octanol–water partition coefficient (Wildman–Crippen LogP) is 0.470. The van der Waals surface area contributed by atoms with Gasteiger partial charge in [-0.25, -0.2) is 9.36 Å². The average Bonchev–Trinajstić information content (AvgIpc) is 3.18. The summed E-state index contributed by atoms with van der Waals surface area (Å²) in [5, 5.41) is 13.7. The summed E-state index contributed by atoms with van der Waals surface area (Å²) in [5.74, 6) is -0.430. The molecule has 0 bridgehead atoms. The number of likely N-dealkylation sites (N-methyl/N-ethyl adjacent to an activating group) is 1. The number of nitrogens with zero attached hydrogens (tertiary/aromatic N) is 3. The molecule has 0 saturated carbocycles. The van der Waals surface area contributed by atoms with Crippen LogP contribution >= 0.6 is 0 Å². The van der Waals surface area contributed by atoms with Crippen LogP contribution in [0.3, 0.4) is 0 Å². The summed E-state index contributed by atoms with van der Waals surface area (Å²) in [5.41, 5.74) is 0.0670. The summed E-state index contributed by atoms with van der Waals surface area (Å²) in [4.78, 5) is 40.4. The summed E-state index contributed by atoms with van der Waals surface area (Å²) in [6.07, 6.45) is -2.36. The number of hydrogen-bond acceptors (Lipinski definition) is 8. The number of nitrogens with one attached hydrogen (secondary N) is 1. The molecular formula is C26H38N4O7. The van der Waals surface area contributed by atoms with Crippen molar-refractivity contribution in [1.82, 2.24) is 19.4 Å². The minimum Gasteiger partial charge on any atom is -0.387 e. The maximum atomic E-state index is 13.4. The van der Waals surface area contributed by atoms with E-state index < -0.39 is 35.8 Å². The smallest absolute Gasteiger partial charge is 0.335 e. The van der Waals surface area contributed by atoms with Crippen molar-refractivity contribution < 1.29 is 24.1 Å². The number of ether oxygens (including phenoxy) is 3. The zero-order valence-electron chi connectivity index (χ0n) is 22.1. The first-order chi connectivity index (χ1) is 17.6. The molecular weight excluding hydrogens is 480 g/mol. The van der Waals surface area contributed by atoms with Crippen molar-refractivity contribution in [2.45, 2.75) is 58.6 Å². The lowest BCUT2D eigenvalue weighted by Crippen LogP contribution is -2.46. The Labute approximate surface area is 216 Å². The number of aliphatic hydroxyl groups is 1. The van der Waals surface area contributed by atoms with Gasteiger partial charge in [-0.3, -0.25) is 14.2 Å². The van der Waals surface area contributed by atoms with Gasteiger partial charge in [0.05, 0.1) is 12.7 Å². The number of aliphatic hydroxyl groups excluding tert-OH is 1. The van der Waals surface area contributed by atoms with Crippen molar-refractivity contribution >= 4 is 5.91 Å². The van der Waals surface area contributed by atoms with Gasteiger partial charge in [0, 0.05) is 24.8 Å². The Morgan fingerprint density at radius 1 is 1.22 bits per heavy atom. The van der Waals surface area contributed by atoms with Crippen LogP contribution in [0.5, 0.6) is 0 Å². The summed E-state index contributed by atoms with van der Waals surface area (Å²) in [6, 6.07) is 9.41. The highest BCUT2D eigenvalue weighted by molar-refractivity contribution is 5.77. The molecule has 0 radical (unpaired) electrons. The Kier molecular flexibility index (Phi) is 10.2. The van der Waals surface area contributed by atoms with Crippen molar-refractivity contribution in [1.29, 1.82) is 0 Å². The van der Waals surface area contributed by atoms with Crippen LogP contribution < -0.4 is 16.6 Å². The van der Waals surface area contributed by atoms with Crippen LogP contribution in [0, 0.1) is 12.8 Å². The molecule has 2 heterocycles. The molecule has 3 rings (SSSR count).